The Bertz CT molecular complexity index is 2780. The molecule has 31 heteroatoms. The number of alkyl halides is 16. The number of hydrogen-bond acceptors (Lipinski definition) is 11. The Morgan fingerprint density at radius 1 is 0.652 bits per heavy atom. The lowest BCUT2D eigenvalue weighted by atomic mass is 9.84. The lowest BCUT2D eigenvalue weighted by Gasteiger charge is -2.31. The van der Waals surface area contributed by atoms with E-state index in [1.54, 1.807) is 50.1 Å². The van der Waals surface area contributed by atoms with Gasteiger partial charge in [-0.15, -0.1) is 0 Å². The first-order valence-electron chi connectivity index (χ1n) is 18.4. The van der Waals surface area contributed by atoms with E-state index in [1.807, 2.05) is 0 Å². The maximum atomic E-state index is 14.4. The van der Waals surface area contributed by atoms with Crippen LogP contribution in [-0.4, -0.2) is 95.3 Å². The Labute approximate surface area is 376 Å². The molecule has 0 saturated carbocycles. The van der Waals surface area contributed by atoms with Gasteiger partial charge in [0.05, 0.1) is 21.0 Å². The van der Waals surface area contributed by atoms with Gasteiger partial charge in [-0.3, -0.25) is 28.6 Å². The average Bonchev–Trinajstić information content (AvgIpc) is 3.66. The van der Waals surface area contributed by atoms with Gasteiger partial charge in [0.1, 0.15) is 23.0 Å². The Morgan fingerprint density at radius 3 is 1.39 bits per heavy atom. The molecular formula is C38H27F16N3O10S2. The molecule has 13 nitrogen and oxygen atoms in total. The highest BCUT2D eigenvalue weighted by Crippen LogP contribution is 2.55. The molecule has 0 unspecified atom stereocenters. The number of benzene rings is 3. The van der Waals surface area contributed by atoms with E-state index in [2.05, 4.69) is 8.37 Å². The number of anilines is 1. The third-order valence-corrected chi connectivity index (χ3v) is 13.1. The van der Waals surface area contributed by atoms with Crippen molar-refractivity contribution in [1.82, 2.24) is 0 Å². The molecular weight excluding hydrogens is 1030 g/mol. The number of rotatable bonds is 18. The molecule has 3 aromatic rings. The fraction of sp³-hybridized carbons (Fsp3) is 0.368. The molecule has 0 fully saturated rings. The van der Waals surface area contributed by atoms with Gasteiger partial charge in [0.2, 0.25) is 0 Å². The SMILES string of the molecule is CN1/C(=C/C=C/C=C2c3cc(S(=O)(=O)OCC(F)(F)C(F)(F)C(F)(F)C(F)F)cc([N+](=O)[O-])c3-c3c2cc(S(=O)(=O)OCC(F)(F)C(F)(F)C(F)(F)C(F)F)cc3[N+](=O)[O-])C(C)(C)c2ccccc21. The van der Waals surface area contributed by atoms with Gasteiger partial charge in [-0.25, -0.2) is 17.6 Å². The molecule has 1 aliphatic heterocycles. The van der Waals surface area contributed by atoms with Crippen molar-refractivity contribution in [3.63, 3.8) is 0 Å². The van der Waals surface area contributed by atoms with Crippen molar-refractivity contribution >= 4 is 42.9 Å². The minimum atomic E-state index is -7.02. The van der Waals surface area contributed by atoms with Gasteiger partial charge in [-0.1, -0.05) is 50.3 Å². The number of likely N-dealkylation sites (N-methyl/N-ethyl adjacent to an activating group) is 1. The van der Waals surface area contributed by atoms with Crippen LogP contribution in [0.3, 0.4) is 0 Å². The summed E-state index contributed by atoms with van der Waals surface area (Å²) >= 11 is 0. The van der Waals surface area contributed by atoms with Crippen molar-refractivity contribution in [2.45, 2.75) is 77.4 Å². The quantitative estimate of drug-likeness (QED) is 0.0401. The average molecular weight is 1050 g/mol. The van der Waals surface area contributed by atoms with E-state index in [1.165, 1.54) is 12.2 Å². The number of hydrogen-bond donors (Lipinski definition) is 0. The van der Waals surface area contributed by atoms with Crippen LogP contribution in [0.25, 0.3) is 16.7 Å². The molecule has 5 rings (SSSR count). The predicted octanol–water partition coefficient (Wildman–Crippen LogP) is 10.5. The third-order valence-electron chi connectivity index (χ3n) is 10.6. The number of allylic oxidation sites excluding steroid dienone is 5. The highest BCUT2D eigenvalue weighted by molar-refractivity contribution is 7.87. The number of nitrogens with zero attached hydrogens (tertiary/aromatic N) is 3. The van der Waals surface area contributed by atoms with Crippen LogP contribution in [0.15, 0.2) is 88.3 Å². The van der Waals surface area contributed by atoms with E-state index in [0.717, 1.165) is 23.4 Å². The van der Waals surface area contributed by atoms with Crippen LogP contribution in [-0.2, 0) is 34.0 Å². The first-order valence-corrected chi connectivity index (χ1v) is 21.3. The van der Waals surface area contributed by atoms with E-state index in [9.17, 15) is 107 Å². The highest BCUT2D eigenvalue weighted by Gasteiger charge is 2.76. The van der Waals surface area contributed by atoms with Crippen LogP contribution in [0.1, 0.15) is 30.5 Å². The molecule has 1 aliphatic carbocycles. The lowest BCUT2D eigenvalue weighted by molar-refractivity contribution is -0.386. The number of fused-ring (bicyclic) bond motifs is 4. The van der Waals surface area contributed by atoms with Gasteiger partial charge in [0.25, 0.3) is 31.6 Å². The third kappa shape index (κ3) is 9.00. The zero-order valence-electron chi connectivity index (χ0n) is 34.3. The fourth-order valence-electron chi connectivity index (χ4n) is 7.04. The van der Waals surface area contributed by atoms with Crippen LogP contribution in [0.5, 0.6) is 0 Å². The molecule has 0 spiro atoms. The molecule has 0 saturated heterocycles. The molecule has 0 atom stereocenters. The van der Waals surface area contributed by atoms with E-state index < -0.39 is 146 Å². The molecule has 0 radical (unpaired) electrons. The largest absolute Gasteiger partial charge is 0.380 e. The van der Waals surface area contributed by atoms with Crippen molar-refractivity contribution in [2.75, 3.05) is 25.2 Å². The zero-order valence-corrected chi connectivity index (χ0v) is 35.9. The molecule has 378 valence electrons. The Hall–Kier alpha value is -5.82. The second kappa shape index (κ2) is 17.5. The smallest absolute Gasteiger partial charge is 0.347 e. The summed E-state index contributed by atoms with van der Waals surface area (Å²) in [6.07, 6.45) is -6.41. The zero-order chi connectivity index (χ0) is 52.6. The molecule has 2 aliphatic rings. The van der Waals surface area contributed by atoms with E-state index in [4.69, 9.17) is 0 Å². The number of nitro groups is 2. The van der Waals surface area contributed by atoms with Crippen LogP contribution in [0.4, 0.5) is 87.3 Å². The van der Waals surface area contributed by atoms with Gasteiger partial charge in [0.15, 0.2) is 0 Å². The van der Waals surface area contributed by atoms with Gasteiger partial charge < -0.3 is 4.90 Å². The van der Waals surface area contributed by atoms with E-state index >= 15 is 0 Å². The second-order valence-corrected chi connectivity index (χ2v) is 18.5. The highest BCUT2D eigenvalue weighted by atomic mass is 32.2. The summed E-state index contributed by atoms with van der Waals surface area (Å²) in [4.78, 5) is 20.2. The molecule has 69 heavy (non-hydrogen) atoms. The summed E-state index contributed by atoms with van der Waals surface area (Å²) in [5.74, 6) is -40.5. The van der Waals surface area contributed by atoms with Crippen molar-refractivity contribution in [2.24, 2.45) is 0 Å². The molecule has 1 heterocycles. The van der Waals surface area contributed by atoms with Crippen molar-refractivity contribution in [3.05, 3.63) is 115 Å². The van der Waals surface area contributed by atoms with Gasteiger partial charge in [0, 0.05) is 36.0 Å². The van der Waals surface area contributed by atoms with E-state index in [0.29, 0.717) is 5.70 Å². The first kappa shape index (κ1) is 54.1. The molecule has 0 bridgehead atoms. The van der Waals surface area contributed by atoms with Crippen molar-refractivity contribution in [1.29, 1.82) is 0 Å². The summed E-state index contributed by atoms with van der Waals surface area (Å²) in [5.41, 5.74) is -6.65. The lowest BCUT2D eigenvalue weighted by Crippen LogP contribution is -2.59. The van der Waals surface area contributed by atoms with Crippen molar-refractivity contribution in [3.8, 4) is 11.1 Å². The molecule has 0 amide bonds. The molecule has 3 aromatic carbocycles. The number of para-hydroxylation sites is 1. The van der Waals surface area contributed by atoms with E-state index in [-0.39, 0.29) is 24.3 Å². The first-order chi connectivity index (χ1) is 31.2. The summed E-state index contributed by atoms with van der Waals surface area (Å²) in [6, 6.07) is 7.13. The van der Waals surface area contributed by atoms with Crippen molar-refractivity contribution < 1.29 is 105 Å². The predicted molar refractivity (Wildman–Crippen MR) is 205 cm³/mol. The fourth-order valence-corrected chi connectivity index (χ4v) is 8.95. The minimum Gasteiger partial charge on any atom is -0.347 e. The van der Waals surface area contributed by atoms with Crippen LogP contribution in [0.2, 0.25) is 0 Å². The van der Waals surface area contributed by atoms with Crippen LogP contribution in [0, 0.1) is 20.2 Å². The minimum absolute atomic E-state index is 0.115. The Morgan fingerprint density at radius 2 is 1.03 bits per heavy atom. The number of halogens is 16. The second-order valence-electron chi connectivity index (χ2n) is 15.3. The maximum absolute atomic E-state index is 14.4. The van der Waals surface area contributed by atoms with Gasteiger partial charge in [-0.05, 0) is 46.5 Å². The standard InChI is InChI=1S/C38H27F16N3O10S2/c1-32(2)23-9-5-6-10-24(23)55(3)27(32)11-7-4-8-20-21-12-18(68(62,63)66-16-33(43,44)37(51,52)35(47,48)30(39)40)14-25(56(58)59)28(21)29-22(20)13-19(15-26(29)57(60)61)69(64,65)67-17-34(45,46)38(53,54)36(49,50)31(41)42/h4-15,30-31H,16-17H2,1-3H3/b7-4+,27-11+. The monoisotopic (exact) mass is 1050 g/mol. The Balaban J connectivity index is 1.72. The topological polar surface area (TPSA) is 176 Å². The summed E-state index contributed by atoms with van der Waals surface area (Å²) in [7, 11) is -10.7. The van der Waals surface area contributed by atoms with Crippen LogP contribution < -0.4 is 4.90 Å². The molecule has 0 N–H and O–H groups in total. The van der Waals surface area contributed by atoms with Crippen LogP contribution >= 0.6 is 0 Å². The van der Waals surface area contributed by atoms with Gasteiger partial charge in [-0.2, -0.15) is 69.5 Å². The normalized spacial score (nSPS) is 16.4. The summed E-state index contributed by atoms with van der Waals surface area (Å²) in [5, 5.41) is 25.0. The molecule has 0 aromatic heterocycles. The maximum Gasteiger partial charge on any atom is 0.380 e. The Kier molecular flexibility index (Phi) is 13.8. The number of nitro benzene ring substituents is 2. The summed E-state index contributed by atoms with van der Waals surface area (Å²) < 4.78 is 278. The summed E-state index contributed by atoms with van der Waals surface area (Å²) in [6.45, 7) is -3.10. The van der Waals surface area contributed by atoms with Gasteiger partial charge >= 0.3 is 48.4 Å².